The van der Waals surface area contributed by atoms with Crippen molar-refractivity contribution in [3.8, 4) is 0 Å². The molecule has 7 heteroatoms. The van der Waals surface area contributed by atoms with Crippen LogP contribution in [-0.2, 0) is 9.53 Å². The van der Waals surface area contributed by atoms with Crippen LogP contribution in [0.5, 0.6) is 0 Å². The van der Waals surface area contributed by atoms with Gasteiger partial charge in [0.15, 0.2) is 0 Å². The molecule has 3 aromatic carbocycles. The summed E-state index contributed by atoms with van der Waals surface area (Å²) in [5.74, 6) is -0.815. The summed E-state index contributed by atoms with van der Waals surface area (Å²) in [4.78, 5) is 37.5. The third-order valence-electron chi connectivity index (χ3n) is 4.35. The molecule has 0 aliphatic carbocycles. The molecule has 2 N–H and O–H groups in total. The molecule has 2 amide bonds. The minimum atomic E-state index is -0.513. The molecule has 0 spiro atoms. The van der Waals surface area contributed by atoms with Gasteiger partial charge in [0, 0.05) is 16.1 Å². The summed E-state index contributed by atoms with van der Waals surface area (Å²) in [6.45, 7) is 1.93. The van der Waals surface area contributed by atoms with Gasteiger partial charge in [0.1, 0.15) is 0 Å². The second-order valence-electron chi connectivity index (χ2n) is 6.73. The third-order valence-corrected chi connectivity index (χ3v) is 5.34. The van der Waals surface area contributed by atoms with Crippen molar-refractivity contribution in [3.05, 3.63) is 89.5 Å². The number of para-hydroxylation sites is 1. The number of carbonyl (C=O) groups is 3. The predicted molar refractivity (Wildman–Crippen MR) is 123 cm³/mol. The molecular weight excluding hydrogens is 412 g/mol. The maximum Gasteiger partial charge on any atom is 0.339 e. The van der Waals surface area contributed by atoms with E-state index in [1.165, 1.54) is 18.9 Å². The number of amides is 2. The molecule has 0 aliphatic heterocycles. The van der Waals surface area contributed by atoms with Crippen molar-refractivity contribution in [3.63, 3.8) is 0 Å². The molecular formula is C24H22N2O4S. The Morgan fingerprint density at radius 2 is 1.68 bits per heavy atom. The number of benzene rings is 3. The van der Waals surface area contributed by atoms with Gasteiger partial charge in [-0.25, -0.2) is 4.79 Å². The van der Waals surface area contributed by atoms with Crippen LogP contribution in [0.25, 0.3) is 0 Å². The van der Waals surface area contributed by atoms with Gasteiger partial charge in [-0.05, 0) is 49.4 Å². The first-order valence-electron chi connectivity index (χ1n) is 9.54. The number of methoxy groups -OCH3 is 1. The smallest absolute Gasteiger partial charge is 0.339 e. The lowest BCUT2D eigenvalue weighted by Crippen LogP contribution is -2.17. The fourth-order valence-corrected chi connectivity index (χ4v) is 3.62. The fourth-order valence-electron chi connectivity index (χ4n) is 2.87. The highest BCUT2D eigenvalue weighted by Gasteiger charge is 2.13. The largest absolute Gasteiger partial charge is 0.465 e. The van der Waals surface area contributed by atoms with E-state index in [0.29, 0.717) is 22.5 Å². The third kappa shape index (κ3) is 6.20. The number of hydrogen-bond acceptors (Lipinski definition) is 5. The second kappa shape index (κ2) is 10.4. The van der Waals surface area contributed by atoms with Crippen LogP contribution in [-0.4, -0.2) is 30.6 Å². The molecule has 0 saturated heterocycles. The standard InChI is InChI=1S/C24H22N2O4S/c1-16-7-5-8-17(13-16)23(28)25-18-9-6-10-19(14-18)31-15-22(27)26-21-12-4-3-11-20(21)24(29)30-2/h3-14H,15H2,1-2H3,(H,25,28)(H,26,27). The van der Waals surface area contributed by atoms with Crippen molar-refractivity contribution >= 4 is 40.9 Å². The van der Waals surface area contributed by atoms with Crippen molar-refractivity contribution in [2.24, 2.45) is 0 Å². The van der Waals surface area contributed by atoms with E-state index in [1.807, 2.05) is 43.3 Å². The van der Waals surface area contributed by atoms with Gasteiger partial charge in [-0.2, -0.15) is 0 Å². The van der Waals surface area contributed by atoms with Gasteiger partial charge in [-0.1, -0.05) is 35.9 Å². The van der Waals surface area contributed by atoms with Crippen molar-refractivity contribution in [1.29, 1.82) is 0 Å². The Balaban J connectivity index is 1.60. The Kier molecular flexibility index (Phi) is 7.45. The van der Waals surface area contributed by atoms with Crippen LogP contribution in [0, 0.1) is 6.92 Å². The lowest BCUT2D eigenvalue weighted by Gasteiger charge is -2.10. The summed E-state index contributed by atoms with van der Waals surface area (Å²) in [5.41, 5.74) is 2.94. The number of anilines is 2. The first-order valence-corrected chi connectivity index (χ1v) is 10.5. The summed E-state index contributed by atoms with van der Waals surface area (Å²) >= 11 is 1.33. The summed E-state index contributed by atoms with van der Waals surface area (Å²) in [6.07, 6.45) is 0. The highest BCUT2D eigenvalue weighted by atomic mass is 32.2. The lowest BCUT2D eigenvalue weighted by atomic mass is 10.1. The number of aryl methyl sites for hydroxylation is 1. The zero-order chi connectivity index (χ0) is 22.2. The monoisotopic (exact) mass is 434 g/mol. The van der Waals surface area contributed by atoms with Crippen LogP contribution in [0.2, 0.25) is 0 Å². The van der Waals surface area contributed by atoms with E-state index >= 15 is 0 Å². The van der Waals surface area contributed by atoms with Crippen molar-refractivity contribution in [1.82, 2.24) is 0 Å². The molecule has 0 aromatic heterocycles. The molecule has 0 aliphatic rings. The van der Waals surface area contributed by atoms with E-state index in [1.54, 1.807) is 36.4 Å². The van der Waals surface area contributed by atoms with Gasteiger partial charge in [-0.15, -0.1) is 11.8 Å². The maximum atomic E-state index is 12.4. The Morgan fingerprint density at radius 3 is 2.45 bits per heavy atom. The molecule has 0 bridgehead atoms. The summed E-state index contributed by atoms with van der Waals surface area (Å²) < 4.78 is 4.74. The Hall–Kier alpha value is -3.58. The summed E-state index contributed by atoms with van der Waals surface area (Å²) in [6, 6.07) is 21.3. The minimum absolute atomic E-state index is 0.144. The van der Waals surface area contributed by atoms with E-state index in [0.717, 1.165) is 10.5 Å². The van der Waals surface area contributed by atoms with Gasteiger partial charge in [0.05, 0.1) is 24.1 Å². The number of hydrogen-bond donors (Lipinski definition) is 2. The Morgan fingerprint density at radius 1 is 0.903 bits per heavy atom. The summed E-state index contributed by atoms with van der Waals surface area (Å²) in [5, 5.41) is 5.61. The molecule has 0 atom stereocenters. The lowest BCUT2D eigenvalue weighted by molar-refractivity contribution is -0.113. The SMILES string of the molecule is COC(=O)c1ccccc1NC(=O)CSc1cccc(NC(=O)c2cccc(C)c2)c1. The number of ether oxygens (including phenoxy) is 1. The van der Waals surface area contributed by atoms with Crippen LogP contribution in [0.15, 0.2) is 77.7 Å². The Bertz CT molecular complexity index is 1110. The van der Waals surface area contributed by atoms with Gasteiger partial charge in [0.25, 0.3) is 5.91 Å². The average molecular weight is 435 g/mol. The molecule has 31 heavy (non-hydrogen) atoms. The van der Waals surface area contributed by atoms with Gasteiger partial charge < -0.3 is 15.4 Å². The number of carbonyl (C=O) groups excluding carboxylic acids is 3. The van der Waals surface area contributed by atoms with Crippen LogP contribution < -0.4 is 10.6 Å². The first kappa shape index (κ1) is 22.1. The van der Waals surface area contributed by atoms with E-state index in [-0.39, 0.29) is 17.6 Å². The minimum Gasteiger partial charge on any atom is -0.465 e. The van der Waals surface area contributed by atoms with Crippen molar-refractivity contribution in [2.75, 3.05) is 23.5 Å². The number of nitrogens with one attached hydrogen (secondary N) is 2. The second-order valence-corrected chi connectivity index (χ2v) is 7.77. The van der Waals surface area contributed by atoms with E-state index in [2.05, 4.69) is 10.6 Å². The zero-order valence-electron chi connectivity index (χ0n) is 17.2. The molecule has 0 fully saturated rings. The highest BCUT2D eigenvalue weighted by Crippen LogP contribution is 2.23. The van der Waals surface area contributed by atoms with Crippen LogP contribution in [0.1, 0.15) is 26.3 Å². The van der Waals surface area contributed by atoms with E-state index < -0.39 is 5.97 Å². The van der Waals surface area contributed by atoms with Crippen LogP contribution >= 0.6 is 11.8 Å². The van der Waals surface area contributed by atoms with Crippen molar-refractivity contribution < 1.29 is 19.1 Å². The molecule has 0 radical (unpaired) electrons. The number of esters is 1. The Labute approximate surface area is 185 Å². The molecule has 158 valence electrons. The molecule has 3 rings (SSSR count). The van der Waals surface area contributed by atoms with Crippen molar-refractivity contribution in [2.45, 2.75) is 11.8 Å². The molecule has 0 unspecified atom stereocenters. The van der Waals surface area contributed by atoms with Crippen LogP contribution in [0.3, 0.4) is 0 Å². The van der Waals surface area contributed by atoms with E-state index in [4.69, 9.17) is 4.74 Å². The average Bonchev–Trinajstić information content (AvgIpc) is 2.78. The van der Waals surface area contributed by atoms with Gasteiger partial charge >= 0.3 is 5.97 Å². The first-order chi connectivity index (χ1) is 15.0. The summed E-state index contributed by atoms with van der Waals surface area (Å²) in [7, 11) is 1.29. The van der Waals surface area contributed by atoms with Crippen LogP contribution in [0.4, 0.5) is 11.4 Å². The molecule has 3 aromatic rings. The normalized spacial score (nSPS) is 10.3. The number of rotatable bonds is 7. The van der Waals surface area contributed by atoms with E-state index in [9.17, 15) is 14.4 Å². The topological polar surface area (TPSA) is 84.5 Å². The maximum absolute atomic E-state index is 12.4. The zero-order valence-corrected chi connectivity index (χ0v) is 18.0. The highest BCUT2D eigenvalue weighted by molar-refractivity contribution is 8.00. The molecule has 0 saturated carbocycles. The molecule has 0 heterocycles. The van der Waals surface area contributed by atoms with Gasteiger partial charge in [0.2, 0.25) is 5.91 Å². The number of thioether (sulfide) groups is 1. The quantitative estimate of drug-likeness (QED) is 0.414. The molecule has 6 nitrogen and oxygen atoms in total. The van der Waals surface area contributed by atoms with Gasteiger partial charge in [-0.3, -0.25) is 9.59 Å². The fraction of sp³-hybridized carbons (Fsp3) is 0.125. The predicted octanol–water partition coefficient (Wildman–Crippen LogP) is 4.76.